The van der Waals surface area contributed by atoms with E-state index in [1.54, 1.807) is 6.07 Å². The van der Waals surface area contributed by atoms with Gasteiger partial charge in [0.25, 0.3) is 0 Å². The lowest BCUT2D eigenvalue weighted by Gasteiger charge is -2.34. The minimum absolute atomic E-state index is 0.157. The molecule has 0 radical (unpaired) electrons. The molecule has 1 aliphatic rings. The monoisotopic (exact) mass is 278 g/mol. The summed E-state index contributed by atoms with van der Waals surface area (Å²) in [5.41, 5.74) is 6.71. The summed E-state index contributed by atoms with van der Waals surface area (Å²) in [4.78, 5) is 15.7. The maximum Gasteiger partial charge on any atom is 0.340 e. The Hall–Kier alpha value is -1.78. The second-order valence-corrected chi connectivity index (χ2v) is 6.08. The fourth-order valence-electron chi connectivity index (χ4n) is 2.46. The first-order chi connectivity index (χ1) is 9.41. The first kappa shape index (κ1) is 14.6. The number of ether oxygens (including phenoxy) is 2. The number of anilines is 1. The van der Waals surface area contributed by atoms with E-state index in [4.69, 9.17) is 10.5 Å². The van der Waals surface area contributed by atoms with Crippen molar-refractivity contribution in [2.45, 2.75) is 45.6 Å². The molecular weight excluding hydrogens is 256 g/mol. The summed E-state index contributed by atoms with van der Waals surface area (Å²) >= 11 is 0. The highest BCUT2D eigenvalue weighted by molar-refractivity contribution is 5.95. The first-order valence-corrected chi connectivity index (χ1v) is 6.92. The highest BCUT2D eigenvalue weighted by Gasteiger charge is 2.28. The largest absolute Gasteiger partial charge is 0.474 e. The molecule has 1 aliphatic carbocycles. The van der Waals surface area contributed by atoms with Crippen LogP contribution in [0.3, 0.4) is 0 Å². The summed E-state index contributed by atoms with van der Waals surface area (Å²) in [5.74, 6) is -0.0381. The number of carbonyl (C=O) groups excluding carboxylic acids is 1. The second-order valence-electron chi connectivity index (χ2n) is 6.08. The van der Waals surface area contributed by atoms with E-state index < -0.39 is 5.97 Å². The summed E-state index contributed by atoms with van der Waals surface area (Å²) in [6.45, 7) is 4.56. The van der Waals surface area contributed by atoms with Gasteiger partial charge in [-0.05, 0) is 31.1 Å². The molecule has 0 amide bonds. The number of hydrogen-bond donors (Lipinski definition) is 1. The van der Waals surface area contributed by atoms with Crippen LogP contribution in [0.4, 0.5) is 5.69 Å². The van der Waals surface area contributed by atoms with Gasteiger partial charge < -0.3 is 15.2 Å². The number of carbonyl (C=O) groups is 1. The van der Waals surface area contributed by atoms with Crippen molar-refractivity contribution in [1.82, 2.24) is 4.98 Å². The molecule has 0 atom stereocenters. The third kappa shape index (κ3) is 3.40. The molecule has 1 aromatic rings. The summed E-state index contributed by atoms with van der Waals surface area (Å²) in [7, 11) is 1.33. The Kier molecular flexibility index (Phi) is 4.16. The predicted octanol–water partition coefficient (Wildman–Crippen LogP) is 2.80. The zero-order valence-corrected chi connectivity index (χ0v) is 12.3. The number of aromatic nitrogens is 1. The van der Waals surface area contributed by atoms with Crippen molar-refractivity contribution < 1.29 is 14.3 Å². The van der Waals surface area contributed by atoms with E-state index in [0.29, 0.717) is 22.5 Å². The van der Waals surface area contributed by atoms with Crippen LogP contribution in [-0.4, -0.2) is 24.2 Å². The van der Waals surface area contributed by atoms with Crippen LogP contribution in [0.2, 0.25) is 0 Å². The Labute approximate surface area is 119 Å². The molecule has 0 aromatic carbocycles. The van der Waals surface area contributed by atoms with E-state index in [1.165, 1.54) is 13.3 Å². The van der Waals surface area contributed by atoms with Crippen LogP contribution >= 0.6 is 0 Å². The SMILES string of the molecule is COC(=O)c1cc(OC2CCC(C)(C)CC2)ncc1N. The minimum Gasteiger partial charge on any atom is -0.474 e. The van der Waals surface area contributed by atoms with E-state index in [-0.39, 0.29) is 6.10 Å². The van der Waals surface area contributed by atoms with Crippen LogP contribution in [0, 0.1) is 5.41 Å². The number of nitrogens with two attached hydrogens (primary N) is 1. The Balaban J connectivity index is 2.05. The van der Waals surface area contributed by atoms with Gasteiger partial charge in [0.05, 0.1) is 24.6 Å². The standard InChI is InChI=1S/C15H22N2O3/c1-15(2)6-4-10(5-7-15)20-13-8-11(14(18)19-3)12(16)9-17-13/h8-10H,4-7,16H2,1-3H3. The molecule has 1 saturated carbocycles. The summed E-state index contributed by atoms with van der Waals surface area (Å²) < 4.78 is 10.6. The van der Waals surface area contributed by atoms with Gasteiger partial charge in [0, 0.05) is 6.07 Å². The van der Waals surface area contributed by atoms with E-state index in [9.17, 15) is 4.79 Å². The molecule has 1 aromatic heterocycles. The third-order valence-corrected chi connectivity index (χ3v) is 3.89. The Morgan fingerprint density at radius 3 is 2.65 bits per heavy atom. The smallest absolute Gasteiger partial charge is 0.340 e. The molecule has 0 bridgehead atoms. The number of esters is 1. The number of methoxy groups -OCH3 is 1. The fraction of sp³-hybridized carbons (Fsp3) is 0.600. The lowest BCUT2D eigenvalue weighted by Crippen LogP contribution is -2.28. The summed E-state index contributed by atoms with van der Waals surface area (Å²) in [6.07, 6.45) is 5.88. The summed E-state index contributed by atoms with van der Waals surface area (Å²) in [6, 6.07) is 1.56. The summed E-state index contributed by atoms with van der Waals surface area (Å²) in [5, 5.41) is 0. The van der Waals surface area contributed by atoms with Crippen LogP contribution in [0.1, 0.15) is 49.9 Å². The van der Waals surface area contributed by atoms with Crippen LogP contribution in [0.5, 0.6) is 5.88 Å². The molecule has 0 unspecified atom stereocenters. The minimum atomic E-state index is -0.473. The van der Waals surface area contributed by atoms with E-state index >= 15 is 0 Å². The van der Waals surface area contributed by atoms with Crippen molar-refractivity contribution in [3.63, 3.8) is 0 Å². The lowest BCUT2D eigenvalue weighted by atomic mass is 9.76. The molecular formula is C15H22N2O3. The quantitative estimate of drug-likeness (QED) is 0.860. The molecule has 0 aliphatic heterocycles. The van der Waals surface area contributed by atoms with Gasteiger partial charge >= 0.3 is 5.97 Å². The maximum atomic E-state index is 11.6. The molecule has 2 N–H and O–H groups in total. The number of nitrogen functional groups attached to an aromatic ring is 1. The molecule has 5 nitrogen and oxygen atoms in total. The zero-order valence-electron chi connectivity index (χ0n) is 12.3. The van der Waals surface area contributed by atoms with E-state index in [2.05, 4.69) is 23.6 Å². The van der Waals surface area contributed by atoms with Gasteiger partial charge in [-0.1, -0.05) is 13.8 Å². The molecule has 5 heteroatoms. The molecule has 0 saturated heterocycles. The van der Waals surface area contributed by atoms with Crippen molar-refractivity contribution >= 4 is 11.7 Å². The number of nitrogens with zero attached hydrogens (tertiary/aromatic N) is 1. The van der Waals surface area contributed by atoms with Gasteiger partial charge in [0.15, 0.2) is 0 Å². The third-order valence-electron chi connectivity index (χ3n) is 3.89. The van der Waals surface area contributed by atoms with Gasteiger partial charge in [-0.2, -0.15) is 0 Å². The predicted molar refractivity (Wildman–Crippen MR) is 76.7 cm³/mol. The highest BCUT2D eigenvalue weighted by atomic mass is 16.5. The van der Waals surface area contributed by atoms with Crippen LogP contribution in [-0.2, 0) is 4.74 Å². The van der Waals surface area contributed by atoms with E-state index in [1.807, 2.05) is 0 Å². The molecule has 110 valence electrons. The van der Waals surface area contributed by atoms with E-state index in [0.717, 1.165) is 25.7 Å². The van der Waals surface area contributed by atoms with Gasteiger partial charge in [-0.15, -0.1) is 0 Å². The Morgan fingerprint density at radius 2 is 2.05 bits per heavy atom. The average Bonchev–Trinajstić information content (AvgIpc) is 2.42. The molecule has 1 fully saturated rings. The topological polar surface area (TPSA) is 74.4 Å². The van der Waals surface area contributed by atoms with Crippen LogP contribution in [0.15, 0.2) is 12.3 Å². The molecule has 1 heterocycles. The van der Waals surface area contributed by atoms with Gasteiger partial charge in [0.1, 0.15) is 6.10 Å². The fourth-order valence-corrected chi connectivity index (χ4v) is 2.46. The van der Waals surface area contributed by atoms with Gasteiger partial charge in [-0.25, -0.2) is 9.78 Å². The highest BCUT2D eigenvalue weighted by Crippen LogP contribution is 2.36. The number of hydrogen-bond acceptors (Lipinski definition) is 5. The number of rotatable bonds is 3. The number of pyridine rings is 1. The van der Waals surface area contributed by atoms with Crippen LogP contribution < -0.4 is 10.5 Å². The van der Waals surface area contributed by atoms with Crippen molar-refractivity contribution in [2.75, 3.05) is 12.8 Å². The molecule has 20 heavy (non-hydrogen) atoms. The van der Waals surface area contributed by atoms with Crippen molar-refractivity contribution in [1.29, 1.82) is 0 Å². The van der Waals surface area contributed by atoms with Gasteiger partial charge in [0.2, 0.25) is 5.88 Å². The Morgan fingerprint density at radius 1 is 1.40 bits per heavy atom. The first-order valence-electron chi connectivity index (χ1n) is 6.92. The Bertz CT molecular complexity index is 490. The normalized spacial score (nSPS) is 18.6. The van der Waals surface area contributed by atoms with Crippen molar-refractivity contribution in [3.05, 3.63) is 17.8 Å². The van der Waals surface area contributed by atoms with Crippen molar-refractivity contribution in [2.24, 2.45) is 5.41 Å². The molecule has 0 spiro atoms. The lowest BCUT2D eigenvalue weighted by molar-refractivity contribution is 0.0599. The maximum absolute atomic E-state index is 11.6. The average molecular weight is 278 g/mol. The van der Waals surface area contributed by atoms with Gasteiger partial charge in [-0.3, -0.25) is 0 Å². The van der Waals surface area contributed by atoms with Crippen LogP contribution in [0.25, 0.3) is 0 Å². The second kappa shape index (κ2) is 5.69. The molecule has 2 rings (SSSR count). The van der Waals surface area contributed by atoms with Crippen molar-refractivity contribution in [3.8, 4) is 5.88 Å². The zero-order chi connectivity index (χ0) is 14.8.